The minimum atomic E-state index is -0.613. The third-order valence-corrected chi connectivity index (χ3v) is 4.86. The van der Waals surface area contributed by atoms with Crippen LogP contribution in [0.25, 0.3) is 0 Å². The number of benzene rings is 2. The molecule has 6 heteroatoms. The zero-order valence-corrected chi connectivity index (χ0v) is 18.3. The average Bonchev–Trinajstić information content (AvgIpc) is 2.76. The molecular weight excluding hydrogens is 380 g/mol. The van der Waals surface area contributed by atoms with E-state index in [1.807, 2.05) is 55.5 Å². The van der Waals surface area contributed by atoms with Crippen molar-refractivity contribution in [3.8, 4) is 11.5 Å². The number of methoxy groups -OCH3 is 1. The van der Waals surface area contributed by atoms with E-state index in [0.29, 0.717) is 18.8 Å². The summed E-state index contributed by atoms with van der Waals surface area (Å²) in [5.41, 5.74) is 1.96. The number of amides is 2. The number of nitrogens with one attached hydrogen (secondary N) is 1. The fourth-order valence-electron chi connectivity index (χ4n) is 2.98. The van der Waals surface area contributed by atoms with Gasteiger partial charge in [0.1, 0.15) is 17.5 Å². The summed E-state index contributed by atoms with van der Waals surface area (Å²) in [5.74, 6) is 0.962. The van der Waals surface area contributed by atoms with Crippen molar-refractivity contribution < 1.29 is 19.1 Å². The Kier molecular flexibility index (Phi) is 9.19. The highest BCUT2D eigenvalue weighted by atomic mass is 16.5. The maximum Gasteiger partial charge on any atom is 0.261 e. The number of carbonyl (C=O) groups excluding carboxylic acids is 2. The smallest absolute Gasteiger partial charge is 0.261 e. The summed E-state index contributed by atoms with van der Waals surface area (Å²) < 4.78 is 10.9. The summed E-state index contributed by atoms with van der Waals surface area (Å²) in [5, 5.41) is 2.91. The Morgan fingerprint density at radius 2 is 1.83 bits per heavy atom. The largest absolute Gasteiger partial charge is 0.497 e. The van der Waals surface area contributed by atoms with Crippen LogP contribution in [0.15, 0.2) is 48.5 Å². The molecule has 0 spiro atoms. The van der Waals surface area contributed by atoms with Crippen molar-refractivity contribution in [3.63, 3.8) is 0 Å². The molecule has 0 aliphatic carbocycles. The molecule has 0 heterocycles. The van der Waals surface area contributed by atoms with Crippen molar-refractivity contribution >= 4 is 11.8 Å². The fourth-order valence-corrected chi connectivity index (χ4v) is 2.98. The summed E-state index contributed by atoms with van der Waals surface area (Å²) in [4.78, 5) is 27.2. The first kappa shape index (κ1) is 23.3. The molecule has 1 atom stereocenters. The molecule has 2 aromatic carbocycles. The highest BCUT2D eigenvalue weighted by molar-refractivity contribution is 5.87. The van der Waals surface area contributed by atoms with Gasteiger partial charge in [0, 0.05) is 13.1 Å². The van der Waals surface area contributed by atoms with Crippen LogP contribution in [-0.2, 0) is 16.1 Å². The molecule has 0 radical (unpaired) electrons. The van der Waals surface area contributed by atoms with Crippen LogP contribution < -0.4 is 14.8 Å². The minimum absolute atomic E-state index is 0.133. The number of rotatable bonds is 11. The van der Waals surface area contributed by atoms with Gasteiger partial charge in [-0.15, -0.1) is 0 Å². The molecule has 162 valence electrons. The van der Waals surface area contributed by atoms with Crippen LogP contribution in [0.4, 0.5) is 0 Å². The van der Waals surface area contributed by atoms with Crippen LogP contribution in [-0.4, -0.2) is 43.0 Å². The normalized spacial score (nSPS) is 11.5. The number of carbonyl (C=O) groups is 2. The molecule has 0 saturated heterocycles. The summed E-state index contributed by atoms with van der Waals surface area (Å²) >= 11 is 0. The Bertz CT molecular complexity index is 820. The second kappa shape index (κ2) is 11.9. The molecule has 1 N–H and O–H groups in total. The van der Waals surface area contributed by atoms with Crippen LogP contribution in [0.5, 0.6) is 11.5 Å². The molecule has 30 heavy (non-hydrogen) atoms. The lowest BCUT2D eigenvalue weighted by Crippen LogP contribution is -2.49. The number of unbranched alkanes of at least 4 members (excludes halogenated alkanes) is 1. The van der Waals surface area contributed by atoms with Gasteiger partial charge in [-0.2, -0.15) is 0 Å². The predicted octanol–water partition coefficient (Wildman–Crippen LogP) is 3.72. The second-order valence-electron chi connectivity index (χ2n) is 7.30. The van der Waals surface area contributed by atoms with Crippen LogP contribution in [0.3, 0.4) is 0 Å². The van der Waals surface area contributed by atoms with E-state index in [0.717, 1.165) is 29.7 Å². The van der Waals surface area contributed by atoms with Crippen LogP contribution in [0.2, 0.25) is 0 Å². The summed E-state index contributed by atoms with van der Waals surface area (Å²) in [6.07, 6.45) is 1.90. The van der Waals surface area contributed by atoms with E-state index in [1.165, 1.54) is 0 Å². The Labute approximate surface area is 179 Å². The van der Waals surface area contributed by atoms with Gasteiger partial charge in [0.15, 0.2) is 6.61 Å². The van der Waals surface area contributed by atoms with E-state index in [9.17, 15) is 9.59 Å². The molecule has 0 saturated carbocycles. The Morgan fingerprint density at radius 1 is 1.10 bits per heavy atom. The zero-order valence-electron chi connectivity index (χ0n) is 18.3. The molecule has 2 rings (SSSR count). The van der Waals surface area contributed by atoms with Crippen molar-refractivity contribution in [1.29, 1.82) is 0 Å². The van der Waals surface area contributed by atoms with E-state index < -0.39 is 6.04 Å². The third kappa shape index (κ3) is 7.10. The Balaban J connectivity index is 2.11. The van der Waals surface area contributed by atoms with E-state index in [-0.39, 0.29) is 18.4 Å². The summed E-state index contributed by atoms with van der Waals surface area (Å²) in [7, 11) is 1.61. The van der Waals surface area contributed by atoms with E-state index in [4.69, 9.17) is 9.47 Å². The number of nitrogens with zero attached hydrogens (tertiary/aromatic N) is 1. The Morgan fingerprint density at radius 3 is 2.47 bits per heavy atom. The molecule has 2 aromatic rings. The lowest BCUT2D eigenvalue weighted by atomic mass is 10.1. The first-order valence-corrected chi connectivity index (χ1v) is 10.3. The van der Waals surface area contributed by atoms with Gasteiger partial charge in [-0.3, -0.25) is 9.59 Å². The molecule has 6 nitrogen and oxygen atoms in total. The lowest BCUT2D eigenvalue weighted by Gasteiger charge is -2.29. The van der Waals surface area contributed by atoms with Gasteiger partial charge < -0.3 is 19.7 Å². The lowest BCUT2D eigenvalue weighted by molar-refractivity contribution is -0.142. The molecule has 0 aliphatic rings. The van der Waals surface area contributed by atoms with Crippen molar-refractivity contribution in [2.24, 2.45) is 0 Å². The van der Waals surface area contributed by atoms with Gasteiger partial charge >= 0.3 is 0 Å². The van der Waals surface area contributed by atoms with Crippen molar-refractivity contribution in [2.75, 3.05) is 20.3 Å². The molecule has 0 fully saturated rings. The van der Waals surface area contributed by atoms with E-state index in [1.54, 1.807) is 18.9 Å². The summed E-state index contributed by atoms with van der Waals surface area (Å²) in [6.45, 7) is 6.55. The van der Waals surface area contributed by atoms with Gasteiger partial charge in [0.05, 0.1) is 7.11 Å². The Hall–Kier alpha value is -3.02. The van der Waals surface area contributed by atoms with E-state index >= 15 is 0 Å². The molecular formula is C24H32N2O4. The van der Waals surface area contributed by atoms with Gasteiger partial charge in [-0.1, -0.05) is 37.6 Å². The van der Waals surface area contributed by atoms with Crippen LogP contribution in [0.1, 0.15) is 37.8 Å². The monoisotopic (exact) mass is 412 g/mol. The van der Waals surface area contributed by atoms with Gasteiger partial charge in [0.25, 0.3) is 5.91 Å². The molecule has 0 aliphatic heterocycles. The van der Waals surface area contributed by atoms with Crippen molar-refractivity contribution in [3.05, 3.63) is 59.7 Å². The highest BCUT2D eigenvalue weighted by Crippen LogP contribution is 2.16. The molecule has 2 amide bonds. The van der Waals surface area contributed by atoms with Crippen molar-refractivity contribution in [2.45, 2.75) is 46.2 Å². The number of aryl methyl sites for hydroxylation is 1. The highest BCUT2D eigenvalue weighted by Gasteiger charge is 2.26. The SMILES string of the molecule is CCCCNC(=O)[C@H](C)N(Cc1ccc(OC)cc1)C(=O)COc1cccc(C)c1. The third-order valence-electron chi connectivity index (χ3n) is 4.86. The predicted molar refractivity (Wildman–Crippen MR) is 118 cm³/mol. The summed E-state index contributed by atoms with van der Waals surface area (Å²) in [6, 6.07) is 14.4. The zero-order chi connectivity index (χ0) is 21.9. The first-order chi connectivity index (χ1) is 14.4. The average molecular weight is 413 g/mol. The second-order valence-corrected chi connectivity index (χ2v) is 7.30. The van der Waals surface area contributed by atoms with E-state index in [2.05, 4.69) is 12.2 Å². The number of hydrogen-bond donors (Lipinski definition) is 1. The van der Waals surface area contributed by atoms with Gasteiger partial charge in [0.2, 0.25) is 5.91 Å². The van der Waals surface area contributed by atoms with Crippen LogP contribution >= 0.6 is 0 Å². The quantitative estimate of drug-likeness (QED) is 0.571. The molecule has 0 bridgehead atoms. The first-order valence-electron chi connectivity index (χ1n) is 10.3. The number of hydrogen-bond acceptors (Lipinski definition) is 4. The minimum Gasteiger partial charge on any atom is -0.497 e. The fraction of sp³-hybridized carbons (Fsp3) is 0.417. The topological polar surface area (TPSA) is 67.9 Å². The molecule has 0 aromatic heterocycles. The van der Waals surface area contributed by atoms with Gasteiger partial charge in [-0.05, 0) is 55.7 Å². The van der Waals surface area contributed by atoms with Crippen LogP contribution in [0, 0.1) is 6.92 Å². The maximum atomic E-state index is 13.0. The number of ether oxygens (including phenoxy) is 2. The van der Waals surface area contributed by atoms with Crippen molar-refractivity contribution in [1.82, 2.24) is 10.2 Å². The maximum absolute atomic E-state index is 13.0. The molecule has 0 unspecified atom stereocenters. The van der Waals surface area contributed by atoms with Gasteiger partial charge in [-0.25, -0.2) is 0 Å². The standard InChI is InChI=1S/C24H32N2O4/c1-5-6-14-25-24(28)19(3)26(16-20-10-12-21(29-4)13-11-20)23(27)17-30-22-9-7-8-18(2)15-22/h7-13,15,19H,5-6,14,16-17H2,1-4H3,(H,25,28)/t19-/m0/s1.